The van der Waals surface area contributed by atoms with Crippen LogP contribution in [0.2, 0.25) is 0 Å². The Morgan fingerprint density at radius 1 is 1.22 bits per heavy atom. The molecule has 0 spiro atoms. The zero-order valence-electron chi connectivity index (χ0n) is 17.4. The monoisotopic (exact) mass is 433 g/mol. The number of phenolic OH excluding ortho intramolecular Hbond substituents is 1. The fourth-order valence-electron chi connectivity index (χ4n) is 3.58. The zero-order chi connectivity index (χ0) is 22.7. The molecule has 0 fully saturated rings. The van der Waals surface area contributed by atoms with E-state index in [1.807, 2.05) is 30.3 Å². The molecule has 0 saturated carbocycles. The van der Waals surface area contributed by atoms with E-state index in [0.717, 1.165) is 5.56 Å². The number of aromatic hydroxyl groups is 1. The summed E-state index contributed by atoms with van der Waals surface area (Å²) < 4.78 is 6.91. The maximum atomic E-state index is 11.9. The Balaban J connectivity index is 1.79. The number of benzene rings is 2. The molecular weight excluding hydrogens is 410 g/mol. The SMILES string of the molecule is COc1cc2c(cc1O)ncn2-c1ccc(C(=O)O)c(NC(CCN)c2ccccc2)n1. The van der Waals surface area contributed by atoms with Crippen molar-refractivity contribution in [2.75, 3.05) is 19.0 Å². The van der Waals surface area contributed by atoms with Crippen LogP contribution in [0.25, 0.3) is 16.9 Å². The highest BCUT2D eigenvalue weighted by Crippen LogP contribution is 2.32. The van der Waals surface area contributed by atoms with E-state index in [9.17, 15) is 15.0 Å². The molecule has 0 aliphatic carbocycles. The van der Waals surface area contributed by atoms with E-state index in [1.165, 1.54) is 19.2 Å². The number of hydrogen-bond donors (Lipinski definition) is 4. The number of methoxy groups -OCH3 is 1. The molecule has 9 heteroatoms. The van der Waals surface area contributed by atoms with Crippen LogP contribution >= 0.6 is 0 Å². The number of nitrogens with two attached hydrogens (primary N) is 1. The second kappa shape index (κ2) is 8.94. The van der Waals surface area contributed by atoms with Gasteiger partial charge in [0.2, 0.25) is 0 Å². The Labute approximate surface area is 184 Å². The van der Waals surface area contributed by atoms with Gasteiger partial charge in [-0.05, 0) is 30.7 Å². The number of phenols is 1. The minimum atomic E-state index is -1.09. The van der Waals surface area contributed by atoms with Gasteiger partial charge in [-0.2, -0.15) is 0 Å². The van der Waals surface area contributed by atoms with Crippen molar-refractivity contribution >= 4 is 22.8 Å². The van der Waals surface area contributed by atoms with Crippen LogP contribution in [0.5, 0.6) is 11.5 Å². The van der Waals surface area contributed by atoms with E-state index < -0.39 is 5.97 Å². The Morgan fingerprint density at radius 2 is 2.00 bits per heavy atom. The number of imidazole rings is 1. The van der Waals surface area contributed by atoms with Crippen molar-refractivity contribution < 1.29 is 19.7 Å². The predicted molar refractivity (Wildman–Crippen MR) is 121 cm³/mol. The smallest absolute Gasteiger partial charge is 0.339 e. The molecular formula is C23H23N5O4. The molecule has 0 amide bonds. The number of nitrogens with one attached hydrogen (secondary N) is 1. The van der Waals surface area contributed by atoms with E-state index >= 15 is 0 Å². The van der Waals surface area contributed by atoms with Crippen LogP contribution in [-0.4, -0.2) is 44.4 Å². The predicted octanol–water partition coefficient (Wildman–Crippen LogP) is 3.33. The molecule has 0 bridgehead atoms. The largest absolute Gasteiger partial charge is 0.504 e. The topological polar surface area (TPSA) is 136 Å². The molecule has 2 aromatic carbocycles. The first-order chi connectivity index (χ1) is 15.5. The lowest BCUT2D eigenvalue weighted by molar-refractivity contribution is 0.0697. The third-order valence-corrected chi connectivity index (χ3v) is 5.17. The molecule has 4 rings (SSSR count). The van der Waals surface area contributed by atoms with Crippen molar-refractivity contribution in [2.45, 2.75) is 12.5 Å². The van der Waals surface area contributed by atoms with Crippen molar-refractivity contribution in [3.8, 4) is 17.3 Å². The van der Waals surface area contributed by atoms with Crippen molar-refractivity contribution in [3.05, 3.63) is 72.1 Å². The average molecular weight is 433 g/mol. The van der Waals surface area contributed by atoms with Gasteiger partial charge in [0.1, 0.15) is 23.5 Å². The van der Waals surface area contributed by atoms with Crippen LogP contribution in [0.1, 0.15) is 28.4 Å². The molecule has 4 aromatic rings. The lowest BCUT2D eigenvalue weighted by atomic mass is 10.0. The first-order valence-electron chi connectivity index (χ1n) is 10.0. The highest BCUT2D eigenvalue weighted by molar-refractivity contribution is 5.93. The summed E-state index contributed by atoms with van der Waals surface area (Å²) in [6.45, 7) is 0.421. The fourth-order valence-corrected chi connectivity index (χ4v) is 3.58. The van der Waals surface area contributed by atoms with Gasteiger partial charge in [-0.25, -0.2) is 14.8 Å². The van der Waals surface area contributed by atoms with Crippen LogP contribution in [0.4, 0.5) is 5.82 Å². The van der Waals surface area contributed by atoms with Crippen molar-refractivity contribution in [1.82, 2.24) is 14.5 Å². The van der Waals surface area contributed by atoms with Gasteiger partial charge in [-0.1, -0.05) is 30.3 Å². The summed E-state index contributed by atoms with van der Waals surface area (Å²) >= 11 is 0. The van der Waals surface area contributed by atoms with Gasteiger partial charge in [-0.3, -0.25) is 4.57 Å². The van der Waals surface area contributed by atoms with Gasteiger partial charge in [0.25, 0.3) is 0 Å². The van der Waals surface area contributed by atoms with E-state index in [0.29, 0.717) is 35.6 Å². The summed E-state index contributed by atoms with van der Waals surface area (Å²) in [6, 6.07) is 15.7. The minimum Gasteiger partial charge on any atom is -0.504 e. The number of pyridine rings is 1. The first kappa shape index (κ1) is 21.1. The van der Waals surface area contributed by atoms with Crippen LogP contribution < -0.4 is 15.8 Å². The molecule has 1 unspecified atom stereocenters. The molecule has 2 heterocycles. The van der Waals surface area contributed by atoms with Crippen LogP contribution in [0, 0.1) is 0 Å². The lowest BCUT2D eigenvalue weighted by Crippen LogP contribution is -2.18. The van der Waals surface area contributed by atoms with Crippen molar-refractivity contribution in [1.29, 1.82) is 0 Å². The summed E-state index contributed by atoms with van der Waals surface area (Å²) in [5.74, 6) is -0.119. The Bertz CT molecular complexity index is 1260. The number of anilines is 1. The number of rotatable bonds is 8. The summed E-state index contributed by atoms with van der Waals surface area (Å²) in [7, 11) is 1.46. The Hall–Kier alpha value is -4.11. The number of carbonyl (C=O) groups is 1. The Kier molecular flexibility index (Phi) is 5.91. The summed E-state index contributed by atoms with van der Waals surface area (Å²) in [6.07, 6.45) is 2.16. The summed E-state index contributed by atoms with van der Waals surface area (Å²) in [5.41, 5.74) is 8.04. The van der Waals surface area contributed by atoms with Gasteiger partial charge in [-0.15, -0.1) is 0 Å². The normalized spacial score (nSPS) is 11.9. The van der Waals surface area contributed by atoms with Gasteiger partial charge in [0.15, 0.2) is 11.5 Å². The van der Waals surface area contributed by atoms with Gasteiger partial charge in [0.05, 0.1) is 24.2 Å². The molecule has 2 aromatic heterocycles. The number of carboxylic acid groups (broad SMARTS) is 1. The second-order valence-electron chi connectivity index (χ2n) is 7.18. The van der Waals surface area contributed by atoms with E-state index in [2.05, 4.69) is 15.3 Å². The molecule has 0 saturated heterocycles. The highest BCUT2D eigenvalue weighted by Gasteiger charge is 2.19. The third-order valence-electron chi connectivity index (χ3n) is 5.17. The number of aromatic carboxylic acids is 1. The molecule has 1 atom stereocenters. The summed E-state index contributed by atoms with van der Waals surface area (Å²) in [5, 5.41) is 23.0. The minimum absolute atomic E-state index is 0.0192. The molecule has 0 radical (unpaired) electrons. The number of aromatic nitrogens is 3. The fraction of sp³-hybridized carbons (Fsp3) is 0.174. The maximum absolute atomic E-state index is 11.9. The molecule has 32 heavy (non-hydrogen) atoms. The number of fused-ring (bicyclic) bond motifs is 1. The van der Waals surface area contributed by atoms with Crippen LogP contribution in [0.15, 0.2) is 60.9 Å². The maximum Gasteiger partial charge on any atom is 0.339 e. The lowest BCUT2D eigenvalue weighted by Gasteiger charge is -2.21. The molecule has 0 aliphatic rings. The van der Waals surface area contributed by atoms with Gasteiger partial charge >= 0.3 is 5.97 Å². The van der Waals surface area contributed by atoms with Crippen LogP contribution in [-0.2, 0) is 0 Å². The average Bonchev–Trinajstić information content (AvgIpc) is 3.21. The summed E-state index contributed by atoms with van der Waals surface area (Å²) in [4.78, 5) is 20.8. The molecule has 164 valence electrons. The van der Waals surface area contributed by atoms with Crippen molar-refractivity contribution in [2.24, 2.45) is 5.73 Å². The number of carboxylic acids is 1. The Morgan fingerprint density at radius 3 is 2.69 bits per heavy atom. The van der Waals surface area contributed by atoms with Crippen molar-refractivity contribution in [3.63, 3.8) is 0 Å². The number of ether oxygens (including phenoxy) is 1. The zero-order valence-corrected chi connectivity index (χ0v) is 17.4. The van der Waals surface area contributed by atoms with E-state index in [1.54, 1.807) is 23.0 Å². The molecule has 9 nitrogen and oxygen atoms in total. The number of nitrogens with zero attached hydrogens (tertiary/aromatic N) is 3. The highest BCUT2D eigenvalue weighted by atomic mass is 16.5. The van der Waals surface area contributed by atoms with Gasteiger partial charge < -0.3 is 26.0 Å². The quantitative estimate of drug-likeness (QED) is 0.332. The van der Waals surface area contributed by atoms with E-state index in [-0.39, 0.29) is 23.2 Å². The first-order valence-corrected chi connectivity index (χ1v) is 10.0. The van der Waals surface area contributed by atoms with Gasteiger partial charge in [0, 0.05) is 12.1 Å². The molecule has 0 aliphatic heterocycles. The van der Waals surface area contributed by atoms with Crippen LogP contribution in [0.3, 0.4) is 0 Å². The number of hydrogen-bond acceptors (Lipinski definition) is 7. The van der Waals surface area contributed by atoms with E-state index in [4.69, 9.17) is 10.5 Å². The standard InChI is InChI=1S/C23H23N5O4/c1-32-20-12-18-17(11-19(20)29)25-13-28(18)21-8-7-15(23(30)31)22(27-21)26-16(9-10-24)14-5-3-2-4-6-14/h2-8,11-13,16,29H,9-10,24H2,1H3,(H,26,27)(H,30,31). The molecule has 5 N–H and O–H groups in total. The third kappa shape index (κ3) is 4.06. The second-order valence-corrected chi connectivity index (χ2v) is 7.18.